The summed E-state index contributed by atoms with van der Waals surface area (Å²) in [5.74, 6) is 0.228. The molecule has 3 rings (SSSR count). The fraction of sp³-hybridized carbons (Fsp3) is 0.429. The van der Waals surface area contributed by atoms with Crippen molar-refractivity contribution in [1.82, 2.24) is 9.78 Å². The van der Waals surface area contributed by atoms with E-state index in [1.54, 1.807) is 16.0 Å². The number of aryl methyl sites for hydroxylation is 2. The first-order chi connectivity index (χ1) is 9.11. The van der Waals surface area contributed by atoms with Gasteiger partial charge in [-0.25, -0.2) is 0 Å². The number of thiophene rings is 1. The van der Waals surface area contributed by atoms with E-state index in [1.165, 1.54) is 9.75 Å². The van der Waals surface area contributed by atoms with Crippen molar-refractivity contribution < 1.29 is 9.90 Å². The van der Waals surface area contributed by atoms with Crippen LogP contribution in [-0.4, -0.2) is 27.3 Å². The number of carbonyl (C=O) groups excluding carboxylic acids is 1. The highest BCUT2D eigenvalue weighted by Gasteiger charge is 2.56. The van der Waals surface area contributed by atoms with Crippen LogP contribution in [-0.2, 0) is 11.8 Å². The predicted octanol–water partition coefficient (Wildman–Crippen LogP) is 1.85. The maximum absolute atomic E-state index is 11.9. The fourth-order valence-electron chi connectivity index (χ4n) is 2.83. The van der Waals surface area contributed by atoms with E-state index in [2.05, 4.69) is 24.2 Å². The maximum Gasteiger partial charge on any atom is 0.162 e. The van der Waals surface area contributed by atoms with Crippen LogP contribution in [0.4, 0.5) is 0 Å². The van der Waals surface area contributed by atoms with Gasteiger partial charge in [0.2, 0.25) is 0 Å². The molecule has 0 aromatic carbocycles. The summed E-state index contributed by atoms with van der Waals surface area (Å²) in [4.78, 5) is 14.4. The van der Waals surface area contributed by atoms with Crippen LogP contribution in [0.5, 0.6) is 0 Å². The minimum Gasteiger partial charge on any atom is -0.389 e. The molecular weight excluding hydrogens is 260 g/mol. The molecule has 3 atom stereocenters. The highest BCUT2D eigenvalue weighted by Crippen LogP contribution is 2.61. The molecule has 1 aliphatic carbocycles. The lowest BCUT2D eigenvalue weighted by Crippen LogP contribution is -2.07. The fourth-order valence-corrected chi connectivity index (χ4v) is 3.90. The molecule has 0 amide bonds. The molecule has 2 heterocycles. The lowest BCUT2D eigenvalue weighted by Gasteiger charge is -1.92. The molecule has 1 saturated carbocycles. The van der Waals surface area contributed by atoms with Gasteiger partial charge in [0, 0.05) is 40.8 Å². The molecular formula is C14H16N2O2S. The number of hydrogen-bond acceptors (Lipinski definition) is 4. The Morgan fingerprint density at radius 1 is 1.47 bits per heavy atom. The summed E-state index contributed by atoms with van der Waals surface area (Å²) in [7, 11) is 1.87. The average Bonchev–Trinajstić information content (AvgIpc) is 2.73. The van der Waals surface area contributed by atoms with Crippen LogP contribution in [0.25, 0.3) is 0 Å². The van der Waals surface area contributed by atoms with E-state index >= 15 is 0 Å². The van der Waals surface area contributed by atoms with Crippen molar-refractivity contribution in [3.05, 3.63) is 39.8 Å². The Morgan fingerprint density at radius 3 is 2.79 bits per heavy atom. The molecule has 0 aliphatic heterocycles. The van der Waals surface area contributed by atoms with Gasteiger partial charge in [-0.15, -0.1) is 11.3 Å². The van der Waals surface area contributed by atoms with Crippen molar-refractivity contribution >= 4 is 17.1 Å². The second kappa shape index (κ2) is 4.58. The standard InChI is InChI=1S/C14H16N2O2S/c1-8-3-4-11(19-8)14-12(13(14)10(18)7-17)9-5-15-16(2)6-9/h3-6,12-14,17H,7H2,1-2H3/t12-,13-,14+/m0/s1. The van der Waals surface area contributed by atoms with Crippen molar-refractivity contribution in [3.63, 3.8) is 0 Å². The van der Waals surface area contributed by atoms with Crippen molar-refractivity contribution in [2.45, 2.75) is 18.8 Å². The van der Waals surface area contributed by atoms with Crippen molar-refractivity contribution in [2.75, 3.05) is 6.61 Å². The van der Waals surface area contributed by atoms with Gasteiger partial charge in [0.05, 0.1) is 6.20 Å². The molecule has 0 saturated heterocycles. The number of aliphatic hydroxyl groups excluding tert-OH is 1. The van der Waals surface area contributed by atoms with Crippen LogP contribution in [0.3, 0.4) is 0 Å². The van der Waals surface area contributed by atoms with Crippen molar-refractivity contribution in [3.8, 4) is 0 Å². The molecule has 0 spiro atoms. The van der Waals surface area contributed by atoms with Crippen LogP contribution in [0.15, 0.2) is 24.5 Å². The first kappa shape index (κ1) is 12.6. The summed E-state index contributed by atoms with van der Waals surface area (Å²) in [5.41, 5.74) is 1.09. The van der Waals surface area contributed by atoms with Crippen molar-refractivity contribution in [2.24, 2.45) is 13.0 Å². The van der Waals surface area contributed by atoms with E-state index in [9.17, 15) is 4.79 Å². The maximum atomic E-state index is 11.9. The third-order valence-corrected chi connectivity index (χ3v) is 4.85. The van der Waals surface area contributed by atoms with Crippen LogP contribution in [0.1, 0.15) is 27.2 Å². The predicted molar refractivity (Wildman–Crippen MR) is 73.3 cm³/mol. The zero-order valence-electron chi connectivity index (χ0n) is 10.9. The van der Waals surface area contributed by atoms with E-state index < -0.39 is 0 Å². The summed E-state index contributed by atoms with van der Waals surface area (Å²) >= 11 is 1.73. The topological polar surface area (TPSA) is 55.1 Å². The molecule has 0 radical (unpaired) electrons. The molecule has 0 bridgehead atoms. The highest BCUT2D eigenvalue weighted by molar-refractivity contribution is 7.12. The van der Waals surface area contributed by atoms with Crippen LogP contribution in [0.2, 0.25) is 0 Å². The summed E-state index contributed by atoms with van der Waals surface area (Å²) < 4.78 is 1.75. The Morgan fingerprint density at radius 2 is 2.26 bits per heavy atom. The normalized spacial score (nSPS) is 25.5. The molecule has 2 aromatic rings. The Kier molecular flexibility index (Phi) is 3.03. The number of ketones is 1. The van der Waals surface area contributed by atoms with Crippen molar-refractivity contribution in [1.29, 1.82) is 0 Å². The average molecular weight is 276 g/mol. The lowest BCUT2D eigenvalue weighted by molar-refractivity contribution is -0.123. The molecule has 4 nitrogen and oxygen atoms in total. The lowest BCUT2D eigenvalue weighted by atomic mass is 10.1. The van der Waals surface area contributed by atoms with Crippen LogP contribution in [0, 0.1) is 12.8 Å². The summed E-state index contributed by atoms with van der Waals surface area (Å²) in [6.45, 7) is 1.70. The van der Waals surface area contributed by atoms with E-state index in [0.717, 1.165) is 5.56 Å². The zero-order chi connectivity index (χ0) is 13.6. The SMILES string of the molecule is Cc1ccc([C@H]2[C@@H](C(=O)CO)[C@@H]2c2cnn(C)c2)s1. The van der Waals surface area contributed by atoms with Gasteiger partial charge in [-0.05, 0) is 24.6 Å². The Labute approximate surface area is 115 Å². The Bertz CT molecular complexity index is 570. The smallest absolute Gasteiger partial charge is 0.162 e. The number of hydrogen-bond donors (Lipinski definition) is 1. The monoisotopic (exact) mass is 276 g/mol. The van der Waals surface area contributed by atoms with Gasteiger partial charge in [-0.2, -0.15) is 5.10 Å². The Hall–Kier alpha value is -1.46. The van der Waals surface area contributed by atoms with E-state index in [0.29, 0.717) is 0 Å². The third kappa shape index (κ3) is 2.13. The van der Waals surface area contributed by atoms with E-state index in [4.69, 9.17) is 5.11 Å². The largest absolute Gasteiger partial charge is 0.389 e. The number of carbonyl (C=O) groups is 1. The van der Waals surface area contributed by atoms with Gasteiger partial charge in [0.25, 0.3) is 0 Å². The Balaban J connectivity index is 1.91. The van der Waals surface area contributed by atoms with E-state index in [1.807, 2.05) is 19.4 Å². The number of aliphatic hydroxyl groups is 1. The summed E-state index contributed by atoms with van der Waals surface area (Å²) in [6.07, 6.45) is 3.78. The van der Waals surface area contributed by atoms with Crippen LogP contribution < -0.4 is 0 Å². The van der Waals surface area contributed by atoms with Crippen LogP contribution >= 0.6 is 11.3 Å². The second-order valence-corrected chi connectivity index (χ2v) is 6.42. The molecule has 1 N–H and O–H groups in total. The van der Waals surface area contributed by atoms with Gasteiger partial charge < -0.3 is 5.11 Å². The van der Waals surface area contributed by atoms with Gasteiger partial charge in [-0.3, -0.25) is 9.48 Å². The zero-order valence-corrected chi connectivity index (χ0v) is 11.7. The molecule has 2 aromatic heterocycles. The minimum atomic E-state index is -0.373. The number of nitrogens with zero attached hydrogens (tertiary/aromatic N) is 2. The first-order valence-corrected chi connectivity index (χ1v) is 7.12. The number of Topliss-reactive ketones (excluding diaryl/α,β-unsaturated/α-hetero) is 1. The quantitative estimate of drug-likeness (QED) is 0.927. The first-order valence-electron chi connectivity index (χ1n) is 6.30. The van der Waals surface area contributed by atoms with Gasteiger partial charge in [-0.1, -0.05) is 0 Å². The second-order valence-electron chi connectivity index (χ2n) is 5.10. The van der Waals surface area contributed by atoms with E-state index in [-0.39, 0.29) is 30.1 Å². The number of rotatable bonds is 4. The molecule has 100 valence electrons. The molecule has 1 aliphatic rings. The van der Waals surface area contributed by atoms with Gasteiger partial charge in [0.1, 0.15) is 6.61 Å². The molecule has 19 heavy (non-hydrogen) atoms. The molecule has 1 fully saturated rings. The third-order valence-electron chi connectivity index (χ3n) is 3.75. The summed E-state index contributed by atoms with van der Waals surface area (Å²) in [6, 6.07) is 4.18. The molecule has 0 unspecified atom stereocenters. The van der Waals surface area contributed by atoms with Gasteiger partial charge in [0.15, 0.2) is 5.78 Å². The summed E-state index contributed by atoms with van der Waals surface area (Å²) in [5, 5.41) is 13.3. The molecule has 5 heteroatoms. The van der Waals surface area contributed by atoms with Gasteiger partial charge >= 0.3 is 0 Å². The number of aromatic nitrogens is 2. The minimum absolute atomic E-state index is 0.0649. The highest BCUT2D eigenvalue weighted by atomic mass is 32.1.